The summed E-state index contributed by atoms with van der Waals surface area (Å²) in [5, 5.41) is 0. The number of hydrogen-bond donors (Lipinski definition) is 0. The van der Waals surface area contributed by atoms with Crippen LogP contribution < -0.4 is 0 Å². The Balaban J connectivity index is 1.73. The molecule has 112 valence electrons. The van der Waals surface area contributed by atoms with Gasteiger partial charge in [0.15, 0.2) is 5.78 Å². The van der Waals surface area contributed by atoms with Gasteiger partial charge in [0.1, 0.15) is 0 Å². The van der Waals surface area contributed by atoms with Crippen LogP contribution in [0.5, 0.6) is 0 Å². The first-order valence-corrected chi connectivity index (χ1v) is 7.69. The molecule has 0 N–H and O–H groups in total. The predicted molar refractivity (Wildman–Crippen MR) is 84.7 cm³/mol. The summed E-state index contributed by atoms with van der Waals surface area (Å²) >= 11 is 0. The van der Waals surface area contributed by atoms with E-state index in [-0.39, 0.29) is 11.7 Å². The van der Waals surface area contributed by atoms with Crippen molar-refractivity contribution in [1.29, 1.82) is 0 Å². The molecule has 0 saturated carbocycles. The Hall–Kier alpha value is -1.90. The average Bonchev–Trinajstić information content (AvgIpc) is 2.52. The summed E-state index contributed by atoms with van der Waals surface area (Å²) in [5.41, 5.74) is 1.00. The van der Waals surface area contributed by atoms with E-state index < -0.39 is 0 Å². The Morgan fingerprint density at radius 2 is 1.81 bits per heavy atom. The van der Waals surface area contributed by atoms with Crippen molar-refractivity contribution in [1.82, 2.24) is 4.90 Å². The molecule has 0 bridgehead atoms. The van der Waals surface area contributed by atoms with Crippen LogP contribution in [0.25, 0.3) is 6.08 Å². The Labute approximate surface area is 126 Å². The van der Waals surface area contributed by atoms with Crippen LogP contribution >= 0.6 is 0 Å². The molecule has 0 unspecified atom stereocenters. The van der Waals surface area contributed by atoms with E-state index in [4.69, 9.17) is 0 Å². The minimum absolute atomic E-state index is 0.0116. The fraction of sp³-hybridized carbons (Fsp3) is 0.444. The molecule has 1 aliphatic rings. The van der Waals surface area contributed by atoms with Gasteiger partial charge in [-0.05, 0) is 30.4 Å². The molecule has 3 heteroatoms. The van der Waals surface area contributed by atoms with Gasteiger partial charge in [-0.3, -0.25) is 9.59 Å². The molecule has 1 saturated heterocycles. The lowest BCUT2D eigenvalue weighted by Gasteiger charge is -2.30. The van der Waals surface area contributed by atoms with Crippen molar-refractivity contribution >= 4 is 17.8 Å². The molecule has 0 radical (unpaired) electrons. The van der Waals surface area contributed by atoms with E-state index in [9.17, 15) is 9.59 Å². The van der Waals surface area contributed by atoms with Crippen LogP contribution in [-0.2, 0) is 9.59 Å². The molecule has 1 fully saturated rings. The van der Waals surface area contributed by atoms with Gasteiger partial charge in [0.25, 0.3) is 0 Å². The van der Waals surface area contributed by atoms with E-state index in [0.29, 0.717) is 18.8 Å². The first kappa shape index (κ1) is 15.5. The van der Waals surface area contributed by atoms with Gasteiger partial charge in [-0.25, -0.2) is 0 Å². The molecule has 0 atom stereocenters. The van der Waals surface area contributed by atoms with Crippen molar-refractivity contribution in [3.8, 4) is 0 Å². The molecule has 0 aromatic heterocycles. The molecule has 0 spiro atoms. The maximum Gasteiger partial charge on any atom is 0.223 e. The van der Waals surface area contributed by atoms with E-state index in [1.54, 1.807) is 12.2 Å². The van der Waals surface area contributed by atoms with Crippen LogP contribution in [0, 0.1) is 5.92 Å². The molecular formula is C18H23NO2. The second kappa shape index (κ2) is 7.77. The molecular weight excluding hydrogens is 262 g/mol. The molecule has 0 aliphatic carbocycles. The molecule has 1 amide bonds. The molecule has 21 heavy (non-hydrogen) atoms. The average molecular weight is 285 g/mol. The summed E-state index contributed by atoms with van der Waals surface area (Å²) in [5.74, 6) is 0.838. The van der Waals surface area contributed by atoms with Gasteiger partial charge in [0.2, 0.25) is 5.91 Å². The molecule has 1 aliphatic heterocycles. The maximum absolute atomic E-state index is 12.0. The number of benzene rings is 1. The van der Waals surface area contributed by atoms with Crippen molar-refractivity contribution in [2.45, 2.75) is 32.6 Å². The van der Waals surface area contributed by atoms with Gasteiger partial charge in [-0.15, -0.1) is 0 Å². The number of hydrogen-bond acceptors (Lipinski definition) is 2. The fourth-order valence-electron chi connectivity index (χ4n) is 2.48. The maximum atomic E-state index is 12.0. The van der Waals surface area contributed by atoms with Crippen LogP contribution in [-0.4, -0.2) is 29.7 Å². The molecule has 3 nitrogen and oxygen atoms in total. The second-order valence-electron chi connectivity index (χ2n) is 5.77. The fourth-order valence-corrected chi connectivity index (χ4v) is 2.48. The lowest BCUT2D eigenvalue weighted by Crippen LogP contribution is -2.37. The molecule has 1 aromatic rings. The van der Waals surface area contributed by atoms with Gasteiger partial charge in [0, 0.05) is 25.9 Å². The highest BCUT2D eigenvalue weighted by molar-refractivity contribution is 5.95. The van der Waals surface area contributed by atoms with E-state index in [2.05, 4.69) is 6.92 Å². The summed E-state index contributed by atoms with van der Waals surface area (Å²) in [6.45, 7) is 3.90. The Morgan fingerprint density at radius 1 is 1.14 bits per heavy atom. The zero-order chi connectivity index (χ0) is 15.1. The number of likely N-dealkylation sites (tertiary alicyclic amines) is 1. The highest BCUT2D eigenvalue weighted by Crippen LogP contribution is 2.17. The van der Waals surface area contributed by atoms with Gasteiger partial charge in [-0.2, -0.15) is 0 Å². The highest BCUT2D eigenvalue weighted by atomic mass is 16.2. The van der Waals surface area contributed by atoms with Gasteiger partial charge in [-0.1, -0.05) is 43.3 Å². The minimum Gasteiger partial charge on any atom is -0.343 e. The summed E-state index contributed by atoms with van der Waals surface area (Å²) < 4.78 is 0. The third-order valence-electron chi connectivity index (χ3n) is 3.98. The predicted octanol–water partition coefficient (Wildman–Crippen LogP) is 3.31. The van der Waals surface area contributed by atoms with Crippen molar-refractivity contribution in [2.75, 3.05) is 13.1 Å². The number of amides is 1. The summed E-state index contributed by atoms with van der Waals surface area (Å²) in [6.07, 6.45) is 6.15. The van der Waals surface area contributed by atoms with Gasteiger partial charge in [0.05, 0.1) is 0 Å². The number of carbonyl (C=O) groups excluding carboxylic acids is 2. The Morgan fingerprint density at radius 3 is 2.48 bits per heavy atom. The number of rotatable bonds is 5. The zero-order valence-electron chi connectivity index (χ0n) is 12.6. The van der Waals surface area contributed by atoms with E-state index in [1.807, 2.05) is 35.2 Å². The Bertz CT molecular complexity index is 499. The van der Waals surface area contributed by atoms with E-state index >= 15 is 0 Å². The molecule has 1 heterocycles. The number of allylic oxidation sites excluding steroid dienone is 1. The number of carbonyl (C=O) groups is 2. The van der Waals surface area contributed by atoms with Crippen LogP contribution in [0.4, 0.5) is 0 Å². The monoisotopic (exact) mass is 285 g/mol. The third kappa shape index (κ3) is 5.18. The molecule has 2 rings (SSSR count). The normalized spacial score (nSPS) is 16.3. The lowest BCUT2D eigenvalue weighted by atomic mass is 9.99. The van der Waals surface area contributed by atoms with Crippen molar-refractivity contribution in [3.05, 3.63) is 42.0 Å². The van der Waals surface area contributed by atoms with Gasteiger partial charge < -0.3 is 4.90 Å². The largest absolute Gasteiger partial charge is 0.343 e. The summed E-state index contributed by atoms with van der Waals surface area (Å²) in [4.78, 5) is 25.7. The minimum atomic E-state index is 0.0116. The van der Waals surface area contributed by atoms with Crippen LogP contribution in [0.1, 0.15) is 38.2 Å². The van der Waals surface area contributed by atoms with E-state index in [1.165, 1.54) is 0 Å². The highest BCUT2D eigenvalue weighted by Gasteiger charge is 2.20. The SMILES string of the molecule is CC1CCN(C(=O)CCC(=O)/C=C/c2ccccc2)CC1. The smallest absolute Gasteiger partial charge is 0.223 e. The van der Waals surface area contributed by atoms with Crippen molar-refractivity contribution in [2.24, 2.45) is 5.92 Å². The zero-order valence-corrected chi connectivity index (χ0v) is 12.6. The standard InChI is InChI=1S/C18H23NO2/c1-15-11-13-19(14-12-15)18(21)10-9-17(20)8-7-16-5-3-2-4-6-16/h2-8,15H,9-14H2,1H3/b8-7+. The Kier molecular flexibility index (Phi) is 5.73. The second-order valence-corrected chi connectivity index (χ2v) is 5.77. The van der Waals surface area contributed by atoms with Crippen LogP contribution in [0.3, 0.4) is 0 Å². The van der Waals surface area contributed by atoms with E-state index in [0.717, 1.165) is 31.5 Å². The van der Waals surface area contributed by atoms with Crippen LogP contribution in [0.15, 0.2) is 36.4 Å². The van der Waals surface area contributed by atoms with Gasteiger partial charge >= 0.3 is 0 Å². The van der Waals surface area contributed by atoms with Crippen LogP contribution in [0.2, 0.25) is 0 Å². The first-order valence-electron chi connectivity index (χ1n) is 7.69. The molecule has 1 aromatic carbocycles. The summed E-state index contributed by atoms with van der Waals surface area (Å²) in [7, 11) is 0. The number of piperidine rings is 1. The first-order chi connectivity index (χ1) is 10.1. The topological polar surface area (TPSA) is 37.4 Å². The lowest BCUT2D eigenvalue weighted by molar-refractivity contribution is -0.133. The third-order valence-corrected chi connectivity index (χ3v) is 3.98. The van der Waals surface area contributed by atoms with Crippen molar-refractivity contribution in [3.63, 3.8) is 0 Å². The number of ketones is 1. The van der Waals surface area contributed by atoms with Crippen molar-refractivity contribution < 1.29 is 9.59 Å². The number of nitrogens with zero attached hydrogens (tertiary/aromatic N) is 1. The quantitative estimate of drug-likeness (QED) is 0.778. The summed E-state index contributed by atoms with van der Waals surface area (Å²) in [6, 6.07) is 9.71.